The Morgan fingerprint density at radius 2 is 2.03 bits per heavy atom. The number of fused-ring (bicyclic) bond motifs is 2. The molecule has 1 aliphatic heterocycles. The molecule has 156 valence electrons. The first kappa shape index (κ1) is 20.4. The molecule has 0 aromatic carbocycles. The van der Waals surface area contributed by atoms with Crippen molar-refractivity contribution >= 4 is 39.2 Å². The molecule has 1 saturated heterocycles. The van der Waals surface area contributed by atoms with Crippen molar-refractivity contribution in [2.45, 2.75) is 25.7 Å². The molecule has 0 saturated carbocycles. The molecule has 4 aromatic rings. The zero-order valence-electron chi connectivity index (χ0n) is 17.0. The lowest BCUT2D eigenvalue weighted by Gasteiger charge is -2.21. The standard InChI is InChI=1S/C13H14N2OS.C9H10FN3/c16-8-11-7-10-1-2-12(15-13(10)17-11)9-3-5-14-6-4-9;1-6-4-13-5-7(11-2)3-8(10)9(13)12-6/h1-2,7-9,14H,3-6H2;3-5,11H,1-2H3. The minimum atomic E-state index is -0.306. The lowest BCUT2D eigenvalue weighted by molar-refractivity contribution is 0.112. The fraction of sp³-hybridized carbons (Fsp3) is 0.318. The molecular formula is C22H24FN5OS. The third-order valence-electron chi connectivity index (χ3n) is 5.21. The molecule has 30 heavy (non-hydrogen) atoms. The van der Waals surface area contributed by atoms with Crippen LogP contribution in [-0.2, 0) is 0 Å². The van der Waals surface area contributed by atoms with E-state index in [4.69, 9.17) is 4.98 Å². The van der Waals surface area contributed by atoms with Crippen LogP contribution in [-0.4, -0.2) is 40.8 Å². The molecule has 2 N–H and O–H groups in total. The summed E-state index contributed by atoms with van der Waals surface area (Å²) in [7, 11) is 1.75. The van der Waals surface area contributed by atoms with Crippen LogP contribution in [0.5, 0.6) is 0 Å². The summed E-state index contributed by atoms with van der Waals surface area (Å²) in [6.45, 7) is 3.99. The summed E-state index contributed by atoms with van der Waals surface area (Å²) >= 11 is 1.48. The summed E-state index contributed by atoms with van der Waals surface area (Å²) in [5, 5.41) is 7.32. The van der Waals surface area contributed by atoms with Crippen molar-refractivity contribution in [1.82, 2.24) is 19.7 Å². The number of carbonyl (C=O) groups is 1. The van der Waals surface area contributed by atoms with Gasteiger partial charge in [-0.05, 0) is 45.0 Å². The van der Waals surface area contributed by atoms with E-state index in [1.807, 2.05) is 13.0 Å². The second-order valence-corrected chi connectivity index (χ2v) is 8.42. The van der Waals surface area contributed by atoms with Crippen molar-refractivity contribution in [2.75, 3.05) is 25.5 Å². The monoisotopic (exact) mass is 425 g/mol. The van der Waals surface area contributed by atoms with Gasteiger partial charge in [0.15, 0.2) is 17.8 Å². The van der Waals surface area contributed by atoms with Gasteiger partial charge < -0.3 is 15.0 Å². The molecule has 0 atom stereocenters. The van der Waals surface area contributed by atoms with E-state index in [1.165, 1.54) is 23.1 Å². The first-order valence-corrected chi connectivity index (χ1v) is 10.8. The molecule has 0 spiro atoms. The summed E-state index contributed by atoms with van der Waals surface area (Å²) in [5.41, 5.74) is 3.10. The topological polar surface area (TPSA) is 71.3 Å². The predicted octanol–water partition coefficient (Wildman–Crippen LogP) is 4.40. The number of nitrogens with one attached hydrogen (secondary N) is 2. The maximum Gasteiger partial charge on any atom is 0.173 e. The first-order chi connectivity index (χ1) is 14.6. The van der Waals surface area contributed by atoms with Crippen molar-refractivity contribution in [2.24, 2.45) is 0 Å². The van der Waals surface area contributed by atoms with E-state index in [9.17, 15) is 9.18 Å². The highest BCUT2D eigenvalue weighted by Gasteiger charge is 2.17. The summed E-state index contributed by atoms with van der Waals surface area (Å²) in [5.74, 6) is 0.266. The lowest BCUT2D eigenvalue weighted by Crippen LogP contribution is -2.26. The number of rotatable bonds is 3. The zero-order valence-corrected chi connectivity index (χ0v) is 17.8. The van der Waals surface area contributed by atoms with Gasteiger partial charge in [0.05, 0.1) is 16.3 Å². The van der Waals surface area contributed by atoms with Crippen LogP contribution in [0.4, 0.5) is 10.1 Å². The SMILES string of the molecule is CNc1cc(F)c2nc(C)cn2c1.O=Cc1cc2ccc(C3CCNCC3)nc2s1. The highest BCUT2D eigenvalue weighted by molar-refractivity contribution is 7.20. The van der Waals surface area contributed by atoms with Gasteiger partial charge in [-0.15, -0.1) is 11.3 Å². The molecule has 1 fully saturated rings. The zero-order chi connectivity index (χ0) is 21.1. The minimum absolute atomic E-state index is 0.306. The molecule has 0 aliphatic carbocycles. The second kappa shape index (κ2) is 8.89. The Balaban J connectivity index is 0.000000151. The minimum Gasteiger partial charge on any atom is -0.387 e. The number of thiophene rings is 1. The number of anilines is 1. The van der Waals surface area contributed by atoms with Crippen LogP contribution >= 0.6 is 11.3 Å². The Morgan fingerprint density at radius 3 is 2.77 bits per heavy atom. The summed E-state index contributed by atoms with van der Waals surface area (Å²) < 4.78 is 15.0. The molecule has 6 nitrogen and oxygen atoms in total. The molecule has 5 rings (SSSR count). The Morgan fingerprint density at radius 1 is 1.23 bits per heavy atom. The van der Waals surface area contributed by atoms with Gasteiger partial charge in [-0.1, -0.05) is 6.07 Å². The normalized spacial score (nSPS) is 14.5. The maximum absolute atomic E-state index is 13.3. The number of halogens is 1. The number of nitrogens with zero attached hydrogens (tertiary/aromatic N) is 3. The predicted molar refractivity (Wildman–Crippen MR) is 119 cm³/mol. The molecule has 0 amide bonds. The van der Waals surface area contributed by atoms with Gasteiger partial charge in [0, 0.05) is 42.5 Å². The van der Waals surface area contributed by atoms with Gasteiger partial charge in [-0.25, -0.2) is 14.4 Å². The van der Waals surface area contributed by atoms with Gasteiger partial charge in [0.1, 0.15) is 4.83 Å². The van der Waals surface area contributed by atoms with E-state index in [1.54, 1.807) is 23.8 Å². The largest absolute Gasteiger partial charge is 0.387 e. The van der Waals surface area contributed by atoms with Crippen LogP contribution in [0.15, 0.2) is 36.7 Å². The summed E-state index contributed by atoms with van der Waals surface area (Å²) in [6.07, 6.45) is 6.81. The van der Waals surface area contributed by atoms with Gasteiger partial charge in [-0.2, -0.15) is 0 Å². The number of pyridine rings is 2. The van der Waals surface area contributed by atoms with Crippen LogP contribution in [0.2, 0.25) is 0 Å². The second-order valence-electron chi connectivity index (χ2n) is 7.36. The molecule has 0 bridgehead atoms. The first-order valence-electron chi connectivity index (χ1n) is 9.96. The van der Waals surface area contributed by atoms with Crippen LogP contribution in [0.3, 0.4) is 0 Å². The number of aromatic nitrogens is 3. The molecule has 8 heteroatoms. The van der Waals surface area contributed by atoms with E-state index in [0.717, 1.165) is 58.7 Å². The van der Waals surface area contributed by atoms with E-state index >= 15 is 0 Å². The maximum atomic E-state index is 13.3. The molecule has 0 radical (unpaired) electrons. The quantitative estimate of drug-likeness (QED) is 0.476. The fourth-order valence-electron chi connectivity index (χ4n) is 3.67. The smallest absolute Gasteiger partial charge is 0.173 e. The van der Waals surface area contributed by atoms with Crippen molar-refractivity contribution in [1.29, 1.82) is 0 Å². The van der Waals surface area contributed by atoms with Crippen molar-refractivity contribution in [3.63, 3.8) is 0 Å². The Labute approximate surface area is 178 Å². The van der Waals surface area contributed by atoms with Gasteiger partial charge in [-0.3, -0.25) is 4.79 Å². The number of hydrogen-bond donors (Lipinski definition) is 2. The summed E-state index contributed by atoms with van der Waals surface area (Å²) in [6, 6.07) is 7.54. The third-order valence-corrected chi connectivity index (χ3v) is 6.18. The van der Waals surface area contributed by atoms with Crippen molar-refractivity contribution < 1.29 is 9.18 Å². The molecule has 4 aromatic heterocycles. The number of hydrogen-bond acceptors (Lipinski definition) is 6. The molecular weight excluding hydrogens is 401 g/mol. The fourth-order valence-corrected chi connectivity index (χ4v) is 4.52. The van der Waals surface area contributed by atoms with Crippen LogP contribution in [0.1, 0.15) is 39.8 Å². The number of carbonyl (C=O) groups excluding carboxylic acids is 1. The number of aldehydes is 1. The van der Waals surface area contributed by atoms with Gasteiger partial charge in [0.25, 0.3) is 0 Å². The average molecular weight is 426 g/mol. The highest BCUT2D eigenvalue weighted by atomic mass is 32.1. The Hall–Kier alpha value is -2.84. The highest BCUT2D eigenvalue weighted by Crippen LogP contribution is 2.28. The van der Waals surface area contributed by atoms with Crippen LogP contribution in [0.25, 0.3) is 15.9 Å². The van der Waals surface area contributed by atoms with E-state index in [0.29, 0.717) is 11.6 Å². The molecule has 5 heterocycles. The Bertz CT molecular complexity index is 1180. The molecule has 1 aliphatic rings. The Kier molecular flexibility index (Phi) is 6.06. The number of imidazole rings is 1. The lowest BCUT2D eigenvalue weighted by atomic mass is 9.94. The van der Waals surface area contributed by atoms with E-state index < -0.39 is 0 Å². The molecule has 0 unspecified atom stereocenters. The average Bonchev–Trinajstić information content (AvgIpc) is 3.36. The van der Waals surface area contributed by atoms with Gasteiger partial charge in [0.2, 0.25) is 0 Å². The third kappa shape index (κ3) is 4.34. The van der Waals surface area contributed by atoms with Crippen LogP contribution < -0.4 is 10.6 Å². The van der Waals surface area contributed by atoms with Crippen LogP contribution in [0, 0.1) is 12.7 Å². The number of aryl methyl sites for hydroxylation is 1. The summed E-state index contributed by atoms with van der Waals surface area (Å²) in [4.78, 5) is 21.2. The number of piperidine rings is 1. The van der Waals surface area contributed by atoms with Crippen molar-refractivity contribution in [3.8, 4) is 0 Å². The van der Waals surface area contributed by atoms with Gasteiger partial charge >= 0.3 is 0 Å². The van der Waals surface area contributed by atoms with Crippen molar-refractivity contribution in [3.05, 3.63) is 58.7 Å². The van der Waals surface area contributed by atoms with E-state index in [2.05, 4.69) is 27.8 Å². The van der Waals surface area contributed by atoms with E-state index in [-0.39, 0.29) is 5.82 Å².